The molecule has 0 spiro atoms. The SMILES string of the molecule is CC1(C)CCCN1C(=O)CN1CCc2[nH]c(=O)c(C(N)=O)cc2C1. The van der Waals surface area contributed by atoms with Gasteiger partial charge in [0.1, 0.15) is 5.56 Å². The fraction of sp³-hybridized carbons (Fsp3) is 0.588. The highest BCUT2D eigenvalue weighted by molar-refractivity contribution is 5.92. The summed E-state index contributed by atoms with van der Waals surface area (Å²) in [4.78, 5) is 42.5. The fourth-order valence-corrected chi connectivity index (χ4v) is 3.73. The number of nitrogens with zero attached hydrogens (tertiary/aromatic N) is 2. The predicted molar refractivity (Wildman–Crippen MR) is 89.6 cm³/mol. The summed E-state index contributed by atoms with van der Waals surface area (Å²) in [6.45, 7) is 6.62. The van der Waals surface area contributed by atoms with Crippen molar-refractivity contribution in [2.75, 3.05) is 19.6 Å². The van der Waals surface area contributed by atoms with Crippen LogP contribution in [0.1, 0.15) is 48.3 Å². The number of carbonyl (C=O) groups excluding carboxylic acids is 2. The van der Waals surface area contributed by atoms with Gasteiger partial charge in [0.25, 0.3) is 11.5 Å². The van der Waals surface area contributed by atoms with Crippen molar-refractivity contribution < 1.29 is 9.59 Å². The number of carbonyl (C=O) groups is 2. The van der Waals surface area contributed by atoms with Crippen molar-refractivity contribution >= 4 is 11.8 Å². The van der Waals surface area contributed by atoms with E-state index in [1.54, 1.807) is 6.07 Å². The van der Waals surface area contributed by atoms with Crippen LogP contribution in [0.4, 0.5) is 0 Å². The lowest BCUT2D eigenvalue weighted by Crippen LogP contribution is -2.48. The van der Waals surface area contributed by atoms with Crippen molar-refractivity contribution in [3.8, 4) is 0 Å². The molecule has 1 fully saturated rings. The Morgan fingerprint density at radius 1 is 1.33 bits per heavy atom. The first kappa shape index (κ1) is 16.7. The average Bonchev–Trinajstić information content (AvgIpc) is 2.86. The van der Waals surface area contributed by atoms with E-state index in [0.717, 1.165) is 30.6 Å². The van der Waals surface area contributed by atoms with Crippen LogP contribution in [0.3, 0.4) is 0 Å². The van der Waals surface area contributed by atoms with E-state index in [1.807, 2.05) is 4.90 Å². The first-order valence-electron chi connectivity index (χ1n) is 8.35. The minimum absolute atomic E-state index is 0.0254. The summed E-state index contributed by atoms with van der Waals surface area (Å²) in [6.07, 6.45) is 2.73. The molecule has 1 aromatic rings. The van der Waals surface area contributed by atoms with Crippen LogP contribution in [0, 0.1) is 0 Å². The van der Waals surface area contributed by atoms with E-state index in [0.29, 0.717) is 26.1 Å². The van der Waals surface area contributed by atoms with Crippen LogP contribution in [-0.4, -0.2) is 51.8 Å². The van der Waals surface area contributed by atoms with Gasteiger partial charge in [-0.05, 0) is 38.3 Å². The Bertz CT molecular complexity index is 738. The van der Waals surface area contributed by atoms with Gasteiger partial charge in [0.15, 0.2) is 0 Å². The average molecular weight is 332 g/mol. The summed E-state index contributed by atoms with van der Waals surface area (Å²) in [7, 11) is 0. The Kier molecular flexibility index (Phi) is 4.21. The molecule has 2 aliphatic rings. The third-order valence-electron chi connectivity index (χ3n) is 5.11. The zero-order valence-electron chi connectivity index (χ0n) is 14.2. The van der Waals surface area contributed by atoms with Crippen LogP contribution in [0.25, 0.3) is 0 Å². The molecule has 2 amide bonds. The molecule has 1 saturated heterocycles. The van der Waals surface area contributed by atoms with E-state index in [-0.39, 0.29) is 17.0 Å². The van der Waals surface area contributed by atoms with Crippen molar-refractivity contribution in [2.24, 2.45) is 5.73 Å². The minimum Gasteiger partial charge on any atom is -0.365 e. The second kappa shape index (κ2) is 6.05. The third kappa shape index (κ3) is 3.08. The molecule has 1 aromatic heterocycles. The number of fused-ring (bicyclic) bond motifs is 1. The summed E-state index contributed by atoms with van der Waals surface area (Å²) >= 11 is 0. The van der Waals surface area contributed by atoms with Gasteiger partial charge in [-0.3, -0.25) is 19.3 Å². The molecule has 0 saturated carbocycles. The molecule has 3 heterocycles. The second-order valence-corrected chi connectivity index (χ2v) is 7.30. The molecule has 0 unspecified atom stereocenters. The van der Waals surface area contributed by atoms with E-state index in [1.165, 1.54) is 0 Å². The highest BCUT2D eigenvalue weighted by Crippen LogP contribution is 2.28. The third-order valence-corrected chi connectivity index (χ3v) is 5.11. The molecular formula is C17H24N4O3. The second-order valence-electron chi connectivity index (χ2n) is 7.30. The van der Waals surface area contributed by atoms with Gasteiger partial charge in [0, 0.05) is 37.3 Å². The van der Waals surface area contributed by atoms with Gasteiger partial charge >= 0.3 is 0 Å². The molecule has 0 radical (unpaired) electrons. The van der Waals surface area contributed by atoms with Gasteiger partial charge in [-0.1, -0.05) is 0 Å². The number of pyridine rings is 1. The van der Waals surface area contributed by atoms with Crippen LogP contribution in [0.15, 0.2) is 10.9 Å². The number of rotatable bonds is 3. The number of likely N-dealkylation sites (tertiary alicyclic amines) is 1. The Labute approximate surface area is 140 Å². The Hall–Kier alpha value is -2.15. The predicted octanol–water partition coefficient (Wildman–Crippen LogP) is 0.233. The number of nitrogens with one attached hydrogen (secondary N) is 1. The molecule has 24 heavy (non-hydrogen) atoms. The zero-order valence-corrected chi connectivity index (χ0v) is 14.2. The van der Waals surface area contributed by atoms with Crippen molar-refractivity contribution in [3.63, 3.8) is 0 Å². The van der Waals surface area contributed by atoms with Gasteiger partial charge < -0.3 is 15.6 Å². The molecule has 0 atom stereocenters. The maximum absolute atomic E-state index is 12.6. The zero-order chi connectivity index (χ0) is 17.5. The minimum atomic E-state index is -0.730. The van der Waals surface area contributed by atoms with Crippen LogP contribution in [-0.2, 0) is 17.8 Å². The summed E-state index contributed by atoms with van der Waals surface area (Å²) in [5.41, 5.74) is 6.40. The van der Waals surface area contributed by atoms with Crippen LogP contribution in [0.5, 0.6) is 0 Å². The van der Waals surface area contributed by atoms with Gasteiger partial charge in [0.05, 0.1) is 6.54 Å². The Morgan fingerprint density at radius 2 is 2.08 bits per heavy atom. The summed E-state index contributed by atoms with van der Waals surface area (Å²) < 4.78 is 0. The maximum atomic E-state index is 12.6. The van der Waals surface area contributed by atoms with E-state index in [4.69, 9.17) is 5.73 Å². The number of hydrogen-bond acceptors (Lipinski definition) is 4. The van der Waals surface area contributed by atoms with Crippen molar-refractivity contribution in [2.45, 2.75) is 45.2 Å². The van der Waals surface area contributed by atoms with E-state index in [9.17, 15) is 14.4 Å². The normalized spacial score (nSPS) is 20.0. The van der Waals surface area contributed by atoms with Crippen molar-refractivity contribution in [1.29, 1.82) is 0 Å². The van der Waals surface area contributed by atoms with Crippen LogP contribution in [0.2, 0.25) is 0 Å². The molecule has 0 aliphatic carbocycles. The van der Waals surface area contributed by atoms with Crippen molar-refractivity contribution in [3.05, 3.63) is 33.2 Å². The smallest absolute Gasteiger partial charge is 0.261 e. The number of nitrogens with two attached hydrogens (primary N) is 1. The topological polar surface area (TPSA) is 99.5 Å². The molecule has 2 aliphatic heterocycles. The molecule has 3 rings (SSSR count). The molecule has 0 aromatic carbocycles. The fourth-order valence-electron chi connectivity index (χ4n) is 3.73. The molecule has 130 valence electrons. The number of hydrogen-bond donors (Lipinski definition) is 2. The van der Waals surface area contributed by atoms with E-state index < -0.39 is 11.5 Å². The van der Waals surface area contributed by atoms with Crippen LogP contribution >= 0.6 is 0 Å². The quantitative estimate of drug-likeness (QED) is 0.828. The first-order valence-corrected chi connectivity index (χ1v) is 8.35. The van der Waals surface area contributed by atoms with Crippen molar-refractivity contribution in [1.82, 2.24) is 14.8 Å². The number of primary amides is 1. The highest BCUT2D eigenvalue weighted by Gasteiger charge is 2.36. The number of aromatic nitrogens is 1. The van der Waals surface area contributed by atoms with E-state index in [2.05, 4.69) is 23.7 Å². The molecule has 3 N–H and O–H groups in total. The molecular weight excluding hydrogens is 308 g/mol. The lowest BCUT2D eigenvalue weighted by atomic mass is 10.0. The lowest BCUT2D eigenvalue weighted by molar-refractivity contribution is -0.135. The largest absolute Gasteiger partial charge is 0.365 e. The highest BCUT2D eigenvalue weighted by atomic mass is 16.2. The molecule has 7 heteroatoms. The lowest BCUT2D eigenvalue weighted by Gasteiger charge is -2.35. The maximum Gasteiger partial charge on any atom is 0.261 e. The monoisotopic (exact) mass is 332 g/mol. The van der Waals surface area contributed by atoms with Gasteiger partial charge in [-0.2, -0.15) is 0 Å². The summed E-state index contributed by atoms with van der Waals surface area (Å²) in [6, 6.07) is 1.56. The molecule has 7 nitrogen and oxygen atoms in total. The van der Waals surface area contributed by atoms with Gasteiger partial charge in [0.2, 0.25) is 5.91 Å². The van der Waals surface area contributed by atoms with Gasteiger partial charge in [-0.15, -0.1) is 0 Å². The van der Waals surface area contributed by atoms with Crippen LogP contribution < -0.4 is 11.3 Å². The number of H-pyrrole nitrogens is 1. The summed E-state index contributed by atoms with van der Waals surface area (Å²) in [5.74, 6) is -0.591. The van der Waals surface area contributed by atoms with Gasteiger partial charge in [-0.25, -0.2) is 0 Å². The summed E-state index contributed by atoms with van der Waals surface area (Å²) in [5, 5.41) is 0. The molecule has 0 bridgehead atoms. The Balaban J connectivity index is 1.73. The Morgan fingerprint density at radius 3 is 2.71 bits per heavy atom. The number of amides is 2. The standard InChI is InChI=1S/C17H24N4O3/c1-17(2)5-3-6-21(17)14(22)10-20-7-4-13-11(9-20)8-12(15(18)23)16(24)19-13/h8H,3-7,9-10H2,1-2H3,(H2,18,23)(H,19,24). The first-order chi connectivity index (χ1) is 11.3. The van der Waals surface area contributed by atoms with E-state index >= 15 is 0 Å². The number of aromatic amines is 1.